The maximum Gasteiger partial charge on any atom is 0.261 e. The quantitative estimate of drug-likeness (QED) is 0.864. The summed E-state index contributed by atoms with van der Waals surface area (Å²) in [5.41, 5.74) is 0.451. The summed E-state index contributed by atoms with van der Waals surface area (Å²) >= 11 is 0. The van der Waals surface area contributed by atoms with Gasteiger partial charge in [-0.1, -0.05) is 24.6 Å². The van der Waals surface area contributed by atoms with Crippen molar-refractivity contribution in [1.29, 1.82) is 0 Å². The van der Waals surface area contributed by atoms with Crippen LogP contribution in [0.5, 0.6) is 0 Å². The van der Waals surface area contributed by atoms with Crippen molar-refractivity contribution in [1.82, 2.24) is 4.31 Å². The number of nitrogens with one attached hydrogen (secondary N) is 1. The van der Waals surface area contributed by atoms with E-state index in [0.29, 0.717) is 18.8 Å². The van der Waals surface area contributed by atoms with Gasteiger partial charge in [0.1, 0.15) is 0 Å². The minimum absolute atomic E-state index is 0.0222. The highest BCUT2D eigenvalue weighted by atomic mass is 32.2. The molecule has 0 saturated carbocycles. The van der Waals surface area contributed by atoms with Crippen LogP contribution in [0.1, 0.15) is 19.3 Å². The van der Waals surface area contributed by atoms with E-state index in [1.807, 2.05) is 0 Å². The van der Waals surface area contributed by atoms with E-state index < -0.39 is 20.0 Å². The molecule has 134 valence electrons. The Morgan fingerprint density at radius 2 is 1.28 bits per heavy atom. The number of hydrogen-bond acceptors (Lipinski definition) is 4. The van der Waals surface area contributed by atoms with Gasteiger partial charge in [0.05, 0.1) is 9.79 Å². The van der Waals surface area contributed by atoms with Crippen molar-refractivity contribution in [2.45, 2.75) is 29.1 Å². The summed E-state index contributed by atoms with van der Waals surface area (Å²) in [6.07, 6.45) is 2.74. The first kappa shape index (κ1) is 17.9. The number of nitrogens with zero attached hydrogens (tertiary/aromatic N) is 1. The Morgan fingerprint density at radius 1 is 0.720 bits per heavy atom. The molecule has 0 spiro atoms. The molecule has 1 N–H and O–H groups in total. The van der Waals surface area contributed by atoms with Crippen molar-refractivity contribution in [3.8, 4) is 0 Å². The molecule has 0 bridgehead atoms. The number of hydrogen-bond donors (Lipinski definition) is 1. The summed E-state index contributed by atoms with van der Waals surface area (Å²) in [6, 6.07) is 13.9. The lowest BCUT2D eigenvalue weighted by Crippen LogP contribution is -2.35. The normalized spacial score (nSPS) is 16.5. The number of anilines is 1. The van der Waals surface area contributed by atoms with E-state index in [4.69, 9.17) is 0 Å². The van der Waals surface area contributed by atoms with E-state index in [0.717, 1.165) is 19.3 Å². The Kier molecular flexibility index (Phi) is 5.12. The van der Waals surface area contributed by atoms with E-state index in [1.165, 1.54) is 28.6 Å². The zero-order valence-corrected chi connectivity index (χ0v) is 15.3. The molecular formula is C17H20N2O4S2. The van der Waals surface area contributed by atoms with Crippen LogP contribution in [0.2, 0.25) is 0 Å². The molecule has 6 nitrogen and oxygen atoms in total. The summed E-state index contributed by atoms with van der Waals surface area (Å²) in [5, 5.41) is 0. The minimum atomic E-state index is -3.76. The van der Waals surface area contributed by atoms with E-state index in [-0.39, 0.29) is 9.79 Å². The molecule has 2 aromatic carbocycles. The van der Waals surface area contributed by atoms with Gasteiger partial charge in [0.2, 0.25) is 10.0 Å². The van der Waals surface area contributed by atoms with Gasteiger partial charge in [-0.3, -0.25) is 4.72 Å². The Labute approximate surface area is 148 Å². The molecule has 0 aromatic heterocycles. The monoisotopic (exact) mass is 380 g/mol. The van der Waals surface area contributed by atoms with Crippen LogP contribution in [0.25, 0.3) is 0 Å². The average Bonchev–Trinajstić information content (AvgIpc) is 2.63. The van der Waals surface area contributed by atoms with Crippen LogP contribution < -0.4 is 4.72 Å². The molecule has 3 rings (SSSR count). The standard InChI is InChI=1S/C17H20N2O4S2/c20-24(21,18-15-7-3-1-4-8-15)16-9-11-17(12-10-16)25(22,23)19-13-5-2-6-14-19/h1,3-4,7-12,18H,2,5-6,13-14H2. The predicted molar refractivity (Wildman–Crippen MR) is 96.3 cm³/mol. The fraction of sp³-hybridized carbons (Fsp3) is 0.294. The third kappa shape index (κ3) is 4.02. The number of sulfonamides is 2. The summed E-state index contributed by atoms with van der Waals surface area (Å²) in [6.45, 7) is 1.02. The van der Waals surface area contributed by atoms with Crippen molar-refractivity contribution in [3.63, 3.8) is 0 Å². The largest absolute Gasteiger partial charge is 0.280 e. The van der Waals surface area contributed by atoms with Crippen LogP contribution in [-0.4, -0.2) is 34.2 Å². The van der Waals surface area contributed by atoms with Gasteiger partial charge < -0.3 is 0 Å². The molecule has 0 radical (unpaired) electrons. The van der Waals surface area contributed by atoms with Crippen LogP contribution in [0.15, 0.2) is 64.4 Å². The van der Waals surface area contributed by atoms with E-state index in [1.54, 1.807) is 30.3 Å². The highest BCUT2D eigenvalue weighted by Gasteiger charge is 2.26. The van der Waals surface area contributed by atoms with Gasteiger partial charge >= 0.3 is 0 Å². The van der Waals surface area contributed by atoms with Gasteiger partial charge in [0.15, 0.2) is 0 Å². The highest BCUT2D eigenvalue weighted by Crippen LogP contribution is 2.23. The lowest BCUT2D eigenvalue weighted by Gasteiger charge is -2.25. The van der Waals surface area contributed by atoms with Crippen LogP contribution in [0, 0.1) is 0 Å². The Balaban J connectivity index is 1.82. The minimum Gasteiger partial charge on any atom is -0.280 e. The van der Waals surface area contributed by atoms with E-state index in [9.17, 15) is 16.8 Å². The highest BCUT2D eigenvalue weighted by molar-refractivity contribution is 7.92. The average molecular weight is 380 g/mol. The van der Waals surface area contributed by atoms with Gasteiger partial charge in [-0.25, -0.2) is 16.8 Å². The Bertz CT molecular complexity index is 918. The predicted octanol–water partition coefficient (Wildman–Crippen LogP) is 2.66. The molecule has 0 amide bonds. The fourth-order valence-electron chi connectivity index (χ4n) is 2.77. The van der Waals surface area contributed by atoms with Crippen LogP contribution in [0.3, 0.4) is 0 Å². The topological polar surface area (TPSA) is 83.5 Å². The van der Waals surface area contributed by atoms with Gasteiger partial charge in [-0.2, -0.15) is 4.31 Å². The molecular weight excluding hydrogens is 360 g/mol. The number of piperidine rings is 1. The molecule has 1 saturated heterocycles. The van der Waals surface area contributed by atoms with Gasteiger partial charge in [0.25, 0.3) is 10.0 Å². The SMILES string of the molecule is O=S(=O)(Nc1ccccc1)c1ccc(S(=O)(=O)N2CCCCC2)cc1. The number of benzene rings is 2. The van der Waals surface area contributed by atoms with Gasteiger partial charge in [-0.05, 0) is 49.2 Å². The fourth-order valence-corrected chi connectivity index (χ4v) is 5.34. The second-order valence-electron chi connectivity index (χ2n) is 5.91. The van der Waals surface area contributed by atoms with Crippen molar-refractivity contribution in [2.75, 3.05) is 17.8 Å². The van der Waals surface area contributed by atoms with Gasteiger partial charge in [-0.15, -0.1) is 0 Å². The Morgan fingerprint density at radius 3 is 1.88 bits per heavy atom. The van der Waals surface area contributed by atoms with Crippen LogP contribution in [0.4, 0.5) is 5.69 Å². The molecule has 0 aliphatic carbocycles. The van der Waals surface area contributed by atoms with Gasteiger partial charge in [0, 0.05) is 18.8 Å². The van der Waals surface area contributed by atoms with Crippen molar-refractivity contribution in [2.24, 2.45) is 0 Å². The summed E-state index contributed by atoms with van der Waals surface area (Å²) < 4.78 is 53.9. The summed E-state index contributed by atoms with van der Waals surface area (Å²) in [4.78, 5) is 0.141. The first-order valence-corrected chi connectivity index (χ1v) is 11.0. The lowest BCUT2D eigenvalue weighted by molar-refractivity contribution is 0.346. The van der Waals surface area contributed by atoms with Crippen molar-refractivity contribution < 1.29 is 16.8 Å². The number of rotatable bonds is 5. The second kappa shape index (κ2) is 7.15. The van der Waals surface area contributed by atoms with Crippen LogP contribution in [-0.2, 0) is 20.0 Å². The third-order valence-electron chi connectivity index (χ3n) is 4.11. The first-order chi connectivity index (χ1) is 11.9. The van der Waals surface area contributed by atoms with Crippen molar-refractivity contribution >= 4 is 25.7 Å². The first-order valence-electron chi connectivity index (χ1n) is 8.08. The molecule has 25 heavy (non-hydrogen) atoms. The molecule has 2 aromatic rings. The van der Waals surface area contributed by atoms with E-state index >= 15 is 0 Å². The van der Waals surface area contributed by atoms with E-state index in [2.05, 4.69) is 4.72 Å². The van der Waals surface area contributed by atoms with Crippen molar-refractivity contribution in [3.05, 3.63) is 54.6 Å². The molecule has 1 fully saturated rings. The Hall–Kier alpha value is -1.90. The summed E-state index contributed by atoms with van der Waals surface area (Å²) in [7, 11) is -7.32. The zero-order valence-electron chi connectivity index (χ0n) is 13.6. The molecule has 1 heterocycles. The maximum absolute atomic E-state index is 12.6. The molecule has 0 atom stereocenters. The third-order valence-corrected chi connectivity index (χ3v) is 7.42. The number of para-hydroxylation sites is 1. The zero-order chi connectivity index (χ0) is 17.9. The van der Waals surface area contributed by atoms with Crippen LogP contribution >= 0.6 is 0 Å². The molecule has 1 aliphatic heterocycles. The molecule has 8 heteroatoms. The lowest BCUT2D eigenvalue weighted by atomic mass is 10.2. The maximum atomic E-state index is 12.6. The molecule has 0 unspecified atom stereocenters. The second-order valence-corrected chi connectivity index (χ2v) is 9.53. The smallest absolute Gasteiger partial charge is 0.261 e. The molecule has 1 aliphatic rings. The summed E-state index contributed by atoms with van der Waals surface area (Å²) in [5.74, 6) is 0.